The zero-order valence-electron chi connectivity index (χ0n) is 11.5. The fourth-order valence-corrected chi connectivity index (χ4v) is 2.66. The van der Waals surface area contributed by atoms with Gasteiger partial charge in [-0.05, 0) is 36.9 Å². The minimum absolute atomic E-state index is 0. The number of aromatic nitrogens is 2. The summed E-state index contributed by atoms with van der Waals surface area (Å²) in [5.74, 6) is 0.810. The molecule has 1 aliphatic rings. The molecule has 3 rings (SSSR count). The molecule has 98 valence electrons. The summed E-state index contributed by atoms with van der Waals surface area (Å²) in [4.78, 5) is 0. The van der Waals surface area contributed by atoms with Gasteiger partial charge in [0.2, 0.25) is 0 Å². The van der Waals surface area contributed by atoms with Crippen LogP contribution in [0.25, 0.3) is 10.9 Å². The van der Waals surface area contributed by atoms with Crippen LogP contribution in [-0.4, -0.2) is 24.7 Å². The minimum atomic E-state index is 0. The van der Waals surface area contributed by atoms with Crippen molar-refractivity contribution in [3.63, 3.8) is 0 Å². The van der Waals surface area contributed by atoms with E-state index in [4.69, 9.17) is 0 Å². The minimum Gasteiger partial charge on any atom is -0.310 e. The van der Waals surface area contributed by atoms with Crippen LogP contribution in [0.1, 0.15) is 31.4 Å². The monoisotopic (exact) mass is 267 g/mol. The molecule has 1 saturated heterocycles. The molecule has 2 aromatic rings. The van der Waals surface area contributed by atoms with E-state index in [-0.39, 0.29) is 38.0 Å². The van der Waals surface area contributed by atoms with E-state index in [9.17, 15) is 0 Å². The largest absolute Gasteiger partial charge is 1.00 e. The Hall–Kier alpha value is -0.285. The molecule has 1 N–H and O–H groups in total. The number of benzene rings is 1. The first-order valence-electron chi connectivity index (χ1n) is 6.39. The van der Waals surface area contributed by atoms with Crippen molar-refractivity contribution in [1.82, 2.24) is 15.1 Å². The molecule has 0 spiro atoms. The molecule has 1 aliphatic heterocycles. The molecular weight excluding hydrogens is 244 g/mol. The molecule has 19 heavy (non-hydrogen) atoms. The molecule has 5 heteroatoms. The summed E-state index contributed by atoms with van der Waals surface area (Å²) in [6, 6.07) is 7.15. The molecule has 0 radical (unpaired) electrons. The summed E-state index contributed by atoms with van der Waals surface area (Å²) in [6.07, 6.45) is 4.62. The van der Waals surface area contributed by atoms with E-state index in [0.717, 1.165) is 18.0 Å². The average Bonchev–Trinajstić information content (AvgIpc) is 2.69. The zero-order valence-corrected chi connectivity index (χ0v) is 13.5. The maximum absolute atomic E-state index is 4.47. The summed E-state index contributed by atoms with van der Waals surface area (Å²) in [5.41, 5.74) is 2.48. The third-order valence-electron chi connectivity index (χ3n) is 3.71. The zero-order chi connectivity index (χ0) is 11.8. The van der Waals surface area contributed by atoms with E-state index in [1.165, 1.54) is 23.8 Å². The summed E-state index contributed by atoms with van der Waals surface area (Å²) < 4.78 is 1.88. The Morgan fingerprint density at radius 2 is 2.11 bits per heavy atom. The van der Waals surface area contributed by atoms with Crippen molar-refractivity contribution in [3.05, 3.63) is 30.0 Å². The van der Waals surface area contributed by atoms with Gasteiger partial charge < -0.3 is 5.32 Å². The van der Waals surface area contributed by atoms with Crippen LogP contribution in [0, 0.1) is 5.92 Å². The van der Waals surface area contributed by atoms with Gasteiger partial charge in [0, 0.05) is 24.7 Å². The topological polar surface area (TPSA) is 29.9 Å². The second-order valence-corrected chi connectivity index (χ2v) is 5.26. The number of hydrogen-bond donors (Lipinski definition) is 1. The van der Waals surface area contributed by atoms with Crippen LogP contribution < -0.4 is 34.9 Å². The van der Waals surface area contributed by atoms with Crippen LogP contribution in [0.15, 0.2) is 24.4 Å². The summed E-state index contributed by atoms with van der Waals surface area (Å²) >= 11 is 0. The van der Waals surface area contributed by atoms with E-state index >= 15 is 0 Å². The number of hydrogen-bond acceptors (Lipinski definition) is 2. The van der Waals surface area contributed by atoms with Crippen molar-refractivity contribution in [1.29, 1.82) is 0 Å². The van der Waals surface area contributed by atoms with Gasteiger partial charge in [-0.3, -0.25) is 4.68 Å². The van der Waals surface area contributed by atoms with Gasteiger partial charge in [-0.2, -0.15) is 5.10 Å². The molecule has 2 atom stereocenters. The molecular formula is C14H23BN3Na. The molecule has 0 saturated carbocycles. The summed E-state index contributed by atoms with van der Waals surface area (Å²) in [5, 5.41) is 9.32. The molecule has 0 unspecified atom stereocenters. The number of nitrogens with one attached hydrogen (secondary N) is 1. The van der Waals surface area contributed by atoms with Crippen molar-refractivity contribution in [2.75, 3.05) is 6.54 Å². The van der Waals surface area contributed by atoms with Gasteiger partial charge in [-0.25, -0.2) is 0 Å². The predicted octanol–water partition coefficient (Wildman–Crippen LogP) is -1.81. The van der Waals surface area contributed by atoms with Crippen LogP contribution in [-0.2, 0) is 7.05 Å². The van der Waals surface area contributed by atoms with Gasteiger partial charge >= 0.3 is 29.6 Å². The first kappa shape index (κ1) is 16.8. The fourth-order valence-electron chi connectivity index (χ4n) is 2.66. The van der Waals surface area contributed by atoms with Gasteiger partial charge in [-0.1, -0.05) is 27.5 Å². The van der Waals surface area contributed by atoms with Crippen molar-refractivity contribution < 1.29 is 29.6 Å². The predicted molar refractivity (Wildman–Crippen MR) is 81.2 cm³/mol. The van der Waals surface area contributed by atoms with Crippen LogP contribution >= 0.6 is 0 Å². The number of rotatable bonds is 1. The first-order chi connectivity index (χ1) is 8.22. The number of piperidine rings is 1. The Kier molecular flexibility index (Phi) is 6.12. The van der Waals surface area contributed by atoms with E-state index in [0.29, 0.717) is 6.04 Å². The smallest absolute Gasteiger partial charge is 0.310 e. The van der Waals surface area contributed by atoms with Crippen LogP contribution in [0.3, 0.4) is 0 Å². The fraction of sp³-hybridized carbons (Fsp3) is 0.500. The van der Waals surface area contributed by atoms with Crippen molar-refractivity contribution >= 4 is 19.3 Å². The second-order valence-electron chi connectivity index (χ2n) is 5.26. The third-order valence-corrected chi connectivity index (χ3v) is 3.71. The number of aryl methyl sites for hydroxylation is 1. The van der Waals surface area contributed by atoms with Crippen LogP contribution in [0.2, 0.25) is 0 Å². The third kappa shape index (κ3) is 3.63. The van der Waals surface area contributed by atoms with Gasteiger partial charge in [-0.15, -0.1) is 0 Å². The maximum Gasteiger partial charge on any atom is 1.00 e. The van der Waals surface area contributed by atoms with Crippen molar-refractivity contribution in [3.8, 4) is 0 Å². The van der Waals surface area contributed by atoms with Gasteiger partial charge in [0.1, 0.15) is 0 Å². The number of nitrogens with zero attached hydrogens (tertiary/aromatic N) is 2. The molecule has 0 amide bonds. The average molecular weight is 267 g/mol. The van der Waals surface area contributed by atoms with Gasteiger partial charge in [0.05, 0.1) is 5.52 Å². The molecule has 0 bridgehead atoms. The van der Waals surface area contributed by atoms with Crippen LogP contribution in [0.5, 0.6) is 0 Å². The standard InChI is InChI=1S/C14H19N3.BH4.Na/c1-10-3-6-13(15-8-10)11-4-5-12-9-17(2)16-14(12)7-11;;/h4-5,7,9-10,13,15H,3,6,8H2,1-2H3;1H4;/q;-1;+1/t10-,13+;;/m0../s1. The Morgan fingerprint density at radius 3 is 2.79 bits per heavy atom. The summed E-state index contributed by atoms with van der Waals surface area (Å²) in [6.45, 7) is 3.44. The molecule has 2 heterocycles. The van der Waals surface area contributed by atoms with Crippen molar-refractivity contribution in [2.24, 2.45) is 13.0 Å². The van der Waals surface area contributed by atoms with E-state index < -0.39 is 0 Å². The SMILES string of the molecule is C[C@H]1CC[C@H](c2ccc3cn(C)nc3c2)NC1.[BH4-].[Na+]. The maximum atomic E-state index is 4.47. The summed E-state index contributed by atoms with van der Waals surface area (Å²) in [7, 11) is 1.97. The Balaban J connectivity index is 0.000000902. The molecule has 1 aromatic carbocycles. The second kappa shape index (κ2) is 6.93. The van der Waals surface area contributed by atoms with E-state index in [1.54, 1.807) is 0 Å². The Bertz CT molecular complexity index is 532. The van der Waals surface area contributed by atoms with Crippen molar-refractivity contribution in [2.45, 2.75) is 25.8 Å². The van der Waals surface area contributed by atoms with E-state index in [1.807, 2.05) is 11.7 Å². The van der Waals surface area contributed by atoms with Gasteiger partial charge in [0.15, 0.2) is 0 Å². The Morgan fingerprint density at radius 1 is 1.32 bits per heavy atom. The molecule has 1 aromatic heterocycles. The Labute approximate surface area is 139 Å². The quantitative estimate of drug-likeness (QED) is 0.617. The van der Waals surface area contributed by atoms with E-state index in [2.05, 4.69) is 41.7 Å². The molecule has 0 aliphatic carbocycles. The number of fused-ring (bicyclic) bond motifs is 1. The normalized spacial score (nSPS) is 22.6. The first-order valence-corrected chi connectivity index (χ1v) is 6.39. The van der Waals surface area contributed by atoms with Gasteiger partial charge in [0.25, 0.3) is 0 Å². The molecule has 3 nitrogen and oxygen atoms in total. The van der Waals surface area contributed by atoms with Crippen LogP contribution in [0.4, 0.5) is 0 Å². The molecule has 1 fully saturated rings.